The van der Waals surface area contributed by atoms with E-state index in [4.69, 9.17) is 0 Å². The maximum absolute atomic E-state index is 3.17. The first kappa shape index (κ1) is 38.1. The van der Waals surface area contributed by atoms with Gasteiger partial charge in [0.2, 0.25) is 0 Å². The molecule has 0 N–H and O–H groups in total. The van der Waals surface area contributed by atoms with Crippen molar-refractivity contribution in [1.29, 1.82) is 0 Å². The van der Waals surface area contributed by atoms with Gasteiger partial charge in [-0.2, -0.15) is 0 Å². The third-order valence-corrected chi connectivity index (χ3v) is 20.5. The second-order valence-corrected chi connectivity index (χ2v) is 23.0. The highest BCUT2D eigenvalue weighted by Crippen LogP contribution is 2.43. The van der Waals surface area contributed by atoms with Gasteiger partial charge >= 0.3 is 0 Å². The van der Waals surface area contributed by atoms with Gasteiger partial charge in [0.15, 0.2) is 8.07 Å². The Morgan fingerprint density at radius 3 is 0.800 bits per heavy atom. The van der Waals surface area contributed by atoms with Gasteiger partial charge in [0.05, 0.1) is 33.1 Å². The summed E-state index contributed by atoms with van der Waals surface area (Å²) >= 11 is 0. The topological polar surface area (TPSA) is 14.8 Å². The Morgan fingerprint density at radius 1 is 0.200 bits per heavy atom. The minimum Gasteiger partial charge on any atom is -0.309 e. The second-order valence-electron chi connectivity index (χ2n) is 19.2. The lowest BCUT2D eigenvalue weighted by Gasteiger charge is -2.35. The van der Waals surface area contributed by atoms with Crippen LogP contribution >= 0.6 is 0 Å². The Bertz CT molecular complexity index is 4290. The monoisotopic (exact) mass is 903 g/mol. The summed E-state index contributed by atoms with van der Waals surface area (Å²) in [5.41, 5.74) is 10.8. The number of nitrogens with zero attached hydrogens (tertiary/aromatic N) is 3. The predicted molar refractivity (Wildman–Crippen MR) is 299 cm³/mol. The van der Waals surface area contributed by atoms with Gasteiger partial charge < -0.3 is 13.7 Å². The fraction of sp³-hybridized carbons (Fsp3) is 0. The number of hydrogen-bond acceptors (Lipinski definition) is 0. The van der Waals surface area contributed by atoms with Crippen LogP contribution in [0.4, 0.5) is 0 Å². The van der Waals surface area contributed by atoms with Gasteiger partial charge in [-0.1, -0.05) is 182 Å². The van der Waals surface area contributed by atoms with Crippen molar-refractivity contribution in [3.8, 4) is 17.1 Å². The maximum atomic E-state index is 2.55. The third-order valence-electron chi connectivity index (χ3n) is 15.8. The van der Waals surface area contributed by atoms with E-state index in [1.165, 1.54) is 118 Å². The van der Waals surface area contributed by atoms with Crippen molar-refractivity contribution in [1.82, 2.24) is 13.7 Å². The van der Waals surface area contributed by atoms with Crippen molar-refractivity contribution < 1.29 is 0 Å². The SMILES string of the molecule is c1ccc([Si](c2ccccc2)(c2ccc(-n3c4cccc5ccc6cccc3c6c54)cc2)c2cc(-n3c4cccc5ccc6cccc3c6c54)cc(-n3c4cccc5ccc6cccc3c6c54)c2)cc1. The molecule has 0 spiro atoms. The standard InChI is InChI=1S/C66H41N3Si/c1-3-19-51(20-4-1)70(52-21-5-2-6-22-52,53-37-35-48(36-38-53)67-55-23-7-13-42-29-30-43-14-8-24-56(67)62(43)61(42)55)54-40-49(68-57-25-9-15-44-31-32-45-16-10-26-58(68)64(45)63(44)57)39-50(41-54)69-59-27-11-17-46-33-34-47-18-12-28-60(69)66(47)65(46)59/h1-41H. The zero-order valence-corrected chi connectivity index (χ0v) is 39.0. The zero-order valence-electron chi connectivity index (χ0n) is 38.0. The summed E-state index contributed by atoms with van der Waals surface area (Å²) in [6.45, 7) is 0. The first-order chi connectivity index (χ1) is 34.7. The Morgan fingerprint density at radius 2 is 0.486 bits per heavy atom. The van der Waals surface area contributed by atoms with E-state index in [-0.39, 0.29) is 0 Å². The predicted octanol–water partition coefficient (Wildman–Crippen LogP) is 14.1. The summed E-state index contributed by atoms with van der Waals surface area (Å²) in [6, 6.07) is 94.4. The minimum absolute atomic E-state index is 1.15. The molecule has 16 rings (SSSR count). The molecule has 16 aromatic rings. The molecule has 0 radical (unpaired) electrons. The Hall–Kier alpha value is -8.96. The molecular formula is C66H41N3Si. The summed E-state index contributed by atoms with van der Waals surface area (Å²) < 4.78 is 7.57. The molecule has 70 heavy (non-hydrogen) atoms. The van der Waals surface area contributed by atoms with Gasteiger partial charge in [-0.15, -0.1) is 0 Å². The van der Waals surface area contributed by atoms with Crippen LogP contribution < -0.4 is 20.7 Å². The highest BCUT2D eigenvalue weighted by molar-refractivity contribution is 7.20. The van der Waals surface area contributed by atoms with Crippen LogP contribution in [0.5, 0.6) is 0 Å². The average Bonchev–Trinajstić information content (AvgIpc) is 4.08. The minimum atomic E-state index is -3.17. The average molecular weight is 904 g/mol. The van der Waals surface area contributed by atoms with Gasteiger partial charge in [-0.25, -0.2) is 0 Å². The van der Waals surface area contributed by atoms with Gasteiger partial charge in [0.25, 0.3) is 0 Å². The largest absolute Gasteiger partial charge is 0.309 e. The van der Waals surface area contributed by atoms with Crippen LogP contribution in [0.3, 0.4) is 0 Å². The van der Waals surface area contributed by atoms with E-state index in [0.29, 0.717) is 0 Å². The Kier molecular flexibility index (Phi) is 7.64. The molecule has 3 aromatic heterocycles. The van der Waals surface area contributed by atoms with Gasteiger partial charge in [0.1, 0.15) is 0 Å². The van der Waals surface area contributed by atoms with E-state index in [1.54, 1.807) is 0 Å². The number of aromatic nitrogens is 3. The molecule has 0 aliphatic carbocycles. The molecule has 324 valence electrons. The lowest BCUT2D eigenvalue weighted by Crippen LogP contribution is -2.74. The van der Waals surface area contributed by atoms with Crippen molar-refractivity contribution in [3.05, 3.63) is 249 Å². The highest BCUT2D eigenvalue weighted by Gasteiger charge is 2.42. The molecule has 0 atom stereocenters. The normalized spacial score (nSPS) is 12.6. The molecule has 4 heteroatoms. The maximum Gasteiger partial charge on any atom is 0.179 e. The molecule has 0 saturated carbocycles. The molecule has 3 nitrogen and oxygen atoms in total. The summed E-state index contributed by atoms with van der Waals surface area (Å²) in [5.74, 6) is 0. The van der Waals surface area contributed by atoms with Crippen molar-refractivity contribution in [2.45, 2.75) is 0 Å². The molecule has 0 saturated heterocycles. The molecule has 0 aliphatic heterocycles. The molecule has 0 unspecified atom stereocenters. The fourth-order valence-corrected chi connectivity index (χ4v) is 17.8. The number of hydrogen-bond donors (Lipinski definition) is 0. The Labute approximate surface area is 403 Å². The zero-order chi connectivity index (χ0) is 45.7. The second kappa shape index (κ2) is 14.1. The molecule has 0 fully saturated rings. The smallest absolute Gasteiger partial charge is 0.179 e. The lowest BCUT2D eigenvalue weighted by atomic mass is 10.0. The van der Waals surface area contributed by atoms with Gasteiger partial charge in [-0.3, -0.25) is 0 Å². The molecule has 3 heterocycles. The van der Waals surface area contributed by atoms with E-state index < -0.39 is 8.07 Å². The summed E-state index contributed by atoms with van der Waals surface area (Å²) in [6.07, 6.45) is 0. The van der Waals surface area contributed by atoms with E-state index in [0.717, 1.165) is 17.1 Å². The summed E-state index contributed by atoms with van der Waals surface area (Å²) in [5, 5.41) is 20.8. The number of rotatable bonds is 7. The van der Waals surface area contributed by atoms with Crippen LogP contribution in [0.15, 0.2) is 249 Å². The molecule has 0 aliphatic rings. The number of benzene rings is 13. The van der Waals surface area contributed by atoms with E-state index in [1.807, 2.05) is 0 Å². The quantitative estimate of drug-likeness (QED) is 0.0860. The summed E-state index contributed by atoms with van der Waals surface area (Å²) in [7, 11) is -3.17. The summed E-state index contributed by atoms with van der Waals surface area (Å²) in [4.78, 5) is 0. The van der Waals surface area contributed by atoms with E-state index in [9.17, 15) is 0 Å². The van der Waals surface area contributed by atoms with E-state index in [2.05, 4.69) is 262 Å². The molecular weight excluding hydrogens is 863 g/mol. The van der Waals surface area contributed by atoms with Crippen LogP contribution in [0.25, 0.3) is 115 Å². The van der Waals surface area contributed by atoms with Crippen LogP contribution in [-0.4, -0.2) is 21.8 Å². The lowest BCUT2D eigenvalue weighted by molar-refractivity contribution is 1.14. The highest BCUT2D eigenvalue weighted by atomic mass is 28.3. The van der Waals surface area contributed by atoms with Crippen molar-refractivity contribution in [2.24, 2.45) is 0 Å². The first-order valence-electron chi connectivity index (χ1n) is 24.3. The van der Waals surface area contributed by atoms with E-state index >= 15 is 0 Å². The van der Waals surface area contributed by atoms with Crippen LogP contribution in [0.2, 0.25) is 0 Å². The first-order valence-corrected chi connectivity index (χ1v) is 26.3. The van der Waals surface area contributed by atoms with Gasteiger partial charge in [0, 0.05) is 49.4 Å². The van der Waals surface area contributed by atoms with Crippen molar-refractivity contribution in [3.63, 3.8) is 0 Å². The molecule has 0 bridgehead atoms. The molecule has 13 aromatic carbocycles. The van der Waals surface area contributed by atoms with Crippen LogP contribution in [-0.2, 0) is 0 Å². The Balaban J connectivity index is 1.04. The fourth-order valence-electron chi connectivity index (χ4n) is 13.0. The van der Waals surface area contributed by atoms with Crippen LogP contribution in [0, 0.1) is 0 Å². The third kappa shape index (κ3) is 4.97. The van der Waals surface area contributed by atoms with Gasteiger partial charge in [-0.05, 0) is 120 Å². The van der Waals surface area contributed by atoms with Crippen molar-refractivity contribution >= 4 is 127 Å². The molecule has 0 amide bonds. The van der Waals surface area contributed by atoms with Crippen LogP contribution in [0.1, 0.15) is 0 Å². The van der Waals surface area contributed by atoms with Crippen molar-refractivity contribution in [2.75, 3.05) is 0 Å².